The number of carbonyl (C=O) groups is 4. The number of carbonyl (C=O) groups excluding carboxylic acids is 4. The molecule has 5 atom stereocenters. The van der Waals surface area contributed by atoms with Gasteiger partial charge in [-0.3, -0.25) is 37.3 Å². The van der Waals surface area contributed by atoms with Gasteiger partial charge in [-0.1, -0.05) is 407 Å². The number of phosphoric acid groups is 2. The molecular formula is C84H164O17P2. The molecule has 0 spiro atoms. The molecule has 0 rings (SSSR count). The first-order valence-electron chi connectivity index (χ1n) is 43.8. The van der Waals surface area contributed by atoms with Gasteiger partial charge in [0.15, 0.2) is 12.2 Å². The van der Waals surface area contributed by atoms with E-state index in [0.717, 1.165) is 89.9 Å². The van der Waals surface area contributed by atoms with Crippen molar-refractivity contribution < 1.29 is 80.2 Å². The van der Waals surface area contributed by atoms with E-state index in [2.05, 4.69) is 27.7 Å². The molecule has 19 heteroatoms. The third-order valence-corrected chi connectivity index (χ3v) is 21.8. The summed E-state index contributed by atoms with van der Waals surface area (Å²) in [6, 6.07) is 0. The molecule has 0 bridgehead atoms. The van der Waals surface area contributed by atoms with Crippen LogP contribution in [0, 0.1) is 0 Å². The summed E-state index contributed by atoms with van der Waals surface area (Å²) >= 11 is 0. The van der Waals surface area contributed by atoms with E-state index >= 15 is 0 Å². The molecule has 2 unspecified atom stereocenters. The fourth-order valence-corrected chi connectivity index (χ4v) is 14.7. The standard InChI is InChI=1S/C84H164O17P2/c1-5-9-13-17-21-25-29-32-35-37-39-41-43-46-49-53-57-61-65-69-82(87)95-75-80(101-84(89)71-67-63-59-55-51-47-44-42-40-38-36-33-30-26-22-18-14-10-6-2)77-99-103(92,93)97-73-78(85)72-96-102(90,91)98-76-79(74-94-81(86)68-64-60-56-52-48-28-24-20-16-12-8-4)100-83(88)70-66-62-58-54-50-45-34-31-27-23-19-15-11-7-3/h78-80,85H,5-77H2,1-4H3,(H,90,91)(H,92,93)/t78-,79+,80+/m0/s1. The average Bonchev–Trinajstić information content (AvgIpc) is 0.913. The van der Waals surface area contributed by atoms with Gasteiger partial charge < -0.3 is 33.8 Å². The van der Waals surface area contributed by atoms with Crippen LogP contribution in [0.1, 0.15) is 458 Å². The molecule has 612 valence electrons. The van der Waals surface area contributed by atoms with Gasteiger partial charge >= 0.3 is 39.5 Å². The fraction of sp³-hybridized carbons (Fsp3) is 0.952. The van der Waals surface area contributed by atoms with Crippen molar-refractivity contribution >= 4 is 39.5 Å². The second-order valence-electron chi connectivity index (χ2n) is 30.2. The summed E-state index contributed by atoms with van der Waals surface area (Å²) < 4.78 is 68.8. The fourth-order valence-electron chi connectivity index (χ4n) is 13.2. The molecule has 0 amide bonds. The van der Waals surface area contributed by atoms with Crippen molar-refractivity contribution in [1.29, 1.82) is 0 Å². The zero-order chi connectivity index (χ0) is 75.3. The zero-order valence-electron chi connectivity index (χ0n) is 67.3. The highest BCUT2D eigenvalue weighted by Crippen LogP contribution is 2.45. The number of rotatable bonds is 85. The highest BCUT2D eigenvalue weighted by molar-refractivity contribution is 7.47. The Labute approximate surface area is 632 Å². The van der Waals surface area contributed by atoms with Crippen molar-refractivity contribution in [2.75, 3.05) is 39.6 Å². The van der Waals surface area contributed by atoms with Crippen LogP contribution in [0.25, 0.3) is 0 Å². The summed E-state index contributed by atoms with van der Waals surface area (Å²) in [6.07, 6.45) is 72.1. The Hall–Kier alpha value is -1.94. The van der Waals surface area contributed by atoms with Gasteiger partial charge in [0.25, 0.3) is 0 Å². The molecule has 0 aromatic heterocycles. The van der Waals surface area contributed by atoms with Crippen LogP contribution < -0.4 is 0 Å². The van der Waals surface area contributed by atoms with Gasteiger partial charge in [-0.15, -0.1) is 0 Å². The molecule has 0 aliphatic carbocycles. The van der Waals surface area contributed by atoms with Crippen LogP contribution in [-0.4, -0.2) is 96.7 Å². The Bertz CT molecular complexity index is 1950. The second kappa shape index (κ2) is 78.2. The molecule has 0 saturated heterocycles. The zero-order valence-corrected chi connectivity index (χ0v) is 69.1. The van der Waals surface area contributed by atoms with E-state index in [1.54, 1.807) is 0 Å². The maximum absolute atomic E-state index is 13.1. The van der Waals surface area contributed by atoms with Gasteiger partial charge in [0.05, 0.1) is 26.4 Å². The van der Waals surface area contributed by atoms with Crippen LogP contribution in [0.2, 0.25) is 0 Å². The molecule has 0 radical (unpaired) electrons. The van der Waals surface area contributed by atoms with Gasteiger partial charge in [0, 0.05) is 25.7 Å². The molecule has 0 aromatic rings. The van der Waals surface area contributed by atoms with Gasteiger partial charge in [0.1, 0.15) is 19.3 Å². The van der Waals surface area contributed by atoms with E-state index in [1.165, 1.54) is 289 Å². The van der Waals surface area contributed by atoms with Crippen molar-refractivity contribution in [3.63, 3.8) is 0 Å². The lowest BCUT2D eigenvalue weighted by Gasteiger charge is -2.21. The summed E-state index contributed by atoms with van der Waals surface area (Å²) in [6.45, 7) is 5.05. The lowest BCUT2D eigenvalue weighted by molar-refractivity contribution is -0.161. The Morgan fingerprint density at radius 1 is 0.233 bits per heavy atom. The van der Waals surface area contributed by atoms with Crippen molar-refractivity contribution in [3.05, 3.63) is 0 Å². The Kier molecular flexibility index (Phi) is 76.7. The number of aliphatic hydroxyl groups is 1. The SMILES string of the molecule is CCCCCCCCCCCCCCCCCCCCCC(=O)OC[C@H](COP(=O)(O)OC[C@@H](O)COP(=O)(O)OC[C@@H](COC(=O)CCCCCCCCCCCCC)OC(=O)CCCCCCCCCCCCCCCC)OC(=O)CCCCCCCCCCCCCCCCCCCCC. The number of unbranched alkanes of at least 4 members (excludes halogenated alkanes) is 59. The summed E-state index contributed by atoms with van der Waals surface area (Å²) in [5.41, 5.74) is 0. The van der Waals surface area contributed by atoms with Crippen LogP contribution in [0.5, 0.6) is 0 Å². The van der Waals surface area contributed by atoms with Crippen LogP contribution in [0.15, 0.2) is 0 Å². The molecule has 0 fully saturated rings. The Balaban J connectivity index is 5.23. The van der Waals surface area contributed by atoms with Gasteiger partial charge in [0.2, 0.25) is 0 Å². The summed E-state index contributed by atoms with van der Waals surface area (Å²) in [7, 11) is -9.92. The van der Waals surface area contributed by atoms with E-state index in [1.807, 2.05) is 0 Å². The molecule has 0 heterocycles. The quantitative estimate of drug-likeness (QED) is 0.0222. The van der Waals surface area contributed by atoms with Crippen LogP contribution >= 0.6 is 15.6 Å². The van der Waals surface area contributed by atoms with Gasteiger partial charge in [-0.25, -0.2) is 9.13 Å². The summed E-state index contributed by atoms with van der Waals surface area (Å²) in [5.74, 6) is -2.10. The third kappa shape index (κ3) is 78.0. The average molecular weight is 1510 g/mol. The summed E-state index contributed by atoms with van der Waals surface area (Å²) in [5, 5.41) is 10.7. The largest absolute Gasteiger partial charge is 0.472 e. The Morgan fingerprint density at radius 2 is 0.388 bits per heavy atom. The second-order valence-corrected chi connectivity index (χ2v) is 33.1. The van der Waals surface area contributed by atoms with Crippen molar-refractivity contribution in [2.45, 2.75) is 476 Å². The maximum atomic E-state index is 13.1. The van der Waals surface area contributed by atoms with E-state index in [4.69, 9.17) is 37.0 Å². The van der Waals surface area contributed by atoms with Crippen molar-refractivity contribution in [3.8, 4) is 0 Å². The van der Waals surface area contributed by atoms with Gasteiger partial charge in [-0.2, -0.15) is 0 Å². The first-order valence-corrected chi connectivity index (χ1v) is 46.8. The molecule has 0 aromatic carbocycles. The summed E-state index contributed by atoms with van der Waals surface area (Å²) in [4.78, 5) is 73.1. The van der Waals surface area contributed by atoms with Crippen LogP contribution in [0.4, 0.5) is 0 Å². The number of hydrogen-bond donors (Lipinski definition) is 3. The molecule has 17 nitrogen and oxygen atoms in total. The number of esters is 4. The van der Waals surface area contributed by atoms with Crippen molar-refractivity contribution in [2.24, 2.45) is 0 Å². The molecule has 103 heavy (non-hydrogen) atoms. The van der Waals surface area contributed by atoms with E-state index in [0.29, 0.717) is 25.7 Å². The monoisotopic (exact) mass is 1510 g/mol. The number of aliphatic hydroxyl groups excluding tert-OH is 1. The van der Waals surface area contributed by atoms with Gasteiger partial charge in [-0.05, 0) is 25.7 Å². The predicted octanol–water partition coefficient (Wildman–Crippen LogP) is 25.7. The highest BCUT2D eigenvalue weighted by atomic mass is 31.2. The first-order chi connectivity index (χ1) is 50.2. The molecule has 0 aliphatic rings. The molecule has 0 saturated carbocycles. The predicted molar refractivity (Wildman–Crippen MR) is 423 cm³/mol. The molecule has 0 aliphatic heterocycles. The minimum Gasteiger partial charge on any atom is -0.462 e. The van der Waals surface area contributed by atoms with Crippen molar-refractivity contribution in [1.82, 2.24) is 0 Å². The number of ether oxygens (including phenoxy) is 4. The van der Waals surface area contributed by atoms with E-state index < -0.39 is 97.5 Å². The smallest absolute Gasteiger partial charge is 0.462 e. The number of phosphoric ester groups is 2. The molecular weight excluding hydrogens is 1340 g/mol. The normalized spacial score (nSPS) is 13.7. The minimum absolute atomic E-state index is 0.109. The highest BCUT2D eigenvalue weighted by Gasteiger charge is 2.30. The van der Waals surface area contributed by atoms with E-state index in [9.17, 15) is 43.2 Å². The third-order valence-electron chi connectivity index (χ3n) is 19.9. The molecule has 3 N–H and O–H groups in total. The Morgan fingerprint density at radius 3 is 0.573 bits per heavy atom. The minimum atomic E-state index is -4.96. The van der Waals surface area contributed by atoms with Crippen LogP contribution in [-0.2, 0) is 65.4 Å². The number of hydrogen-bond acceptors (Lipinski definition) is 15. The maximum Gasteiger partial charge on any atom is 0.472 e. The first kappa shape index (κ1) is 101. The van der Waals surface area contributed by atoms with Crippen LogP contribution in [0.3, 0.4) is 0 Å². The lowest BCUT2D eigenvalue weighted by Crippen LogP contribution is -2.30. The lowest BCUT2D eigenvalue weighted by atomic mass is 10.0. The topological polar surface area (TPSA) is 237 Å². The van der Waals surface area contributed by atoms with E-state index in [-0.39, 0.29) is 25.7 Å².